The highest BCUT2D eigenvalue weighted by Crippen LogP contribution is 2.24. The standard InChI is InChI=1S/C13H25NO/c1-5-10-6-7-14-11(8-10)9-12(15)13(2,3)4/h10-11,14H,5-9H2,1-4H3. The van der Waals surface area contributed by atoms with Gasteiger partial charge in [0.2, 0.25) is 0 Å². The number of piperidine rings is 1. The van der Waals surface area contributed by atoms with Crippen LogP contribution >= 0.6 is 0 Å². The van der Waals surface area contributed by atoms with Gasteiger partial charge in [0.05, 0.1) is 0 Å². The molecule has 1 aliphatic rings. The van der Waals surface area contributed by atoms with Gasteiger partial charge < -0.3 is 5.32 Å². The Bertz CT molecular complexity index is 217. The summed E-state index contributed by atoms with van der Waals surface area (Å²) in [5.41, 5.74) is -0.180. The minimum atomic E-state index is -0.180. The fourth-order valence-electron chi connectivity index (χ4n) is 2.15. The molecule has 15 heavy (non-hydrogen) atoms. The molecule has 0 aliphatic carbocycles. The van der Waals surface area contributed by atoms with Gasteiger partial charge in [-0.25, -0.2) is 0 Å². The molecule has 1 N–H and O–H groups in total. The number of ketones is 1. The molecule has 0 radical (unpaired) electrons. The van der Waals surface area contributed by atoms with Crippen LogP contribution in [0.3, 0.4) is 0 Å². The average Bonchev–Trinajstić information content (AvgIpc) is 2.16. The third kappa shape index (κ3) is 3.94. The van der Waals surface area contributed by atoms with E-state index >= 15 is 0 Å². The van der Waals surface area contributed by atoms with Crippen molar-refractivity contribution in [3.63, 3.8) is 0 Å². The number of nitrogens with one attached hydrogen (secondary N) is 1. The van der Waals surface area contributed by atoms with Crippen LogP contribution in [0.1, 0.15) is 53.4 Å². The van der Waals surface area contributed by atoms with Gasteiger partial charge in [0.25, 0.3) is 0 Å². The second-order valence-corrected chi connectivity index (χ2v) is 5.83. The Morgan fingerprint density at radius 1 is 1.40 bits per heavy atom. The molecule has 0 amide bonds. The van der Waals surface area contributed by atoms with Crippen molar-refractivity contribution in [3.8, 4) is 0 Å². The third-order valence-electron chi connectivity index (χ3n) is 3.45. The lowest BCUT2D eigenvalue weighted by Gasteiger charge is -2.31. The highest BCUT2D eigenvalue weighted by Gasteiger charge is 2.27. The maximum absolute atomic E-state index is 11.9. The molecule has 0 spiro atoms. The van der Waals surface area contributed by atoms with Gasteiger partial charge in [-0.05, 0) is 25.3 Å². The van der Waals surface area contributed by atoms with E-state index in [1.54, 1.807) is 0 Å². The molecule has 0 bridgehead atoms. The van der Waals surface area contributed by atoms with Crippen molar-refractivity contribution in [2.45, 2.75) is 59.4 Å². The Morgan fingerprint density at radius 2 is 2.07 bits per heavy atom. The monoisotopic (exact) mass is 211 g/mol. The predicted octanol–water partition coefficient (Wildman–Crippen LogP) is 2.77. The van der Waals surface area contributed by atoms with Gasteiger partial charge in [0.1, 0.15) is 5.78 Å². The van der Waals surface area contributed by atoms with Crippen molar-refractivity contribution >= 4 is 5.78 Å². The molecular weight excluding hydrogens is 186 g/mol. The second kappa shape index (κ2) is 5.11. The van der Waals surface area contributed by atoms with Crippen LogP contribution in [-0.2, 0) is 4.79 Å². The molecule has 2 atom stereocenters. The van der Waals surface area contributed by atoms with Crippen LogP contribution in [0.25, 0.3) is 0 Å². The van der Waals surface area contributed by atoms with Crippen LogP contribution in [-0.4, -0.2) is 18.4 Å². The zero-order valence-corrected chi connectivity index (χ0v) is 10.6. The van der Waals surface area contributed by atoms with E-state index in [0.29, 0.717) is 18.2 Å². The van der Waals surface area contributed by atoms with Crippen molar-refractivity contribution in [1.29, 1.82) is 0 Å². The minimum absolute atomic E-state index is 0.180. The quantitative estimate of drug-likeness (QED) is 0.777. The van der Waals surface area contributed by atoms with Gasteiger partial charge >= 0.3 is 0 Å². The number of Topliss-reactive ketones (excluding diaryl/α,β-unsaturated/α-hetero) is 1. The number of rotatable bonds is 3. The normalized spacial score (nSPS) is 27.7. The van der Waals surface area contributed by atoms with E-state index < -0.39 is 0 Å². The first-order valence-corrected chi connectivity index (χ1v) is 6.20. The lowest BCUT2D eigenvalue weighted by atomic mass is 9.82. The van der Waals surface area contributed by atoms with Crippen LogP contribution in [0.2, 0.25) is 0 Å². The molecule has 0 aromatic rings. The minimum Gasteiger partial charge on any atom is -0.314 e. The Morgan fingerprint density at radius 3 is 2.60 bits per heavy atom. The van der Waals surface area contributed by atoms with Crippen molar-refractivity contribution in [1.82, 2.24) is 5.32 Å². The highest BCUT2D eigenvalue weighted by atomic mass is 16.1. The SMILES string of the molecule is CCC1CCNC(CC(=O)C(C)(C)C)C1. The third-order valence-corrected chi connectivity index (χ3v) is 3.45. The summed E-state index contributed by atoms with van der Waals surface area (Å²) in [4.78, 5) is 11.9. The van der Waals surface area contributed by atoms with Crippen LogP contribution in [0.5, 0.6) is 0 Å². The number of hydrogen-bond donors (Lipinski definition) is 1. The first-order valence-electron chi connectivity index (χ1n) is 6.20. The largest absolute Gasteiger partial charge is 0.314 e. The van der Waals surface area contributed by atoms with E-state index in [-0.39, 0.29) is 5.41 Å². The highest BCUT2D eigenvalue weighted by molar-refractivity contribution is 5.84. The summed E-state index contributed by atoms with van der Waals surface area (Å²) in [6, 6.07) is 0.426. The Hall–Kier alpha value is -0.370. The van der Waals surface area contributed by atoms with Crippen molar-refractivity contribution in [2.75, 3.05) is 6.54 Å². The molecule has 1 rings (SSSR count). The van der Waals surface area contributed by atoms with E-state index in [1.807, 2.05) is 20.8 Å². The van der Waals surface area contributed by atoms with Crippen LogP contribution < -0.4 is 5.32 Å². The Kier molecular flexibility index (Phi) is 4.32. The first kappa shape index (κ1) is 12.7. The lowest BCUT2D eigenvalue weighted by Crippen LogP contribution is -2.41. The summed E-state index contributed by atoms with van der Waals surface area (Å²) < 4.78 is 0. The summed E-state index contributed by atoms with van der Waals surface area (Å²) in [5.74, 6) is 1.21. The molecular formula is C13H25NO. The summed E-state index contributed by atoms with van der Waals surface area (Å²) in [5, 5.41) is 3.47. The van der Waals surface area contributed by atoms with Gasteiger partial charge in [-0.2, -0.15) is 0 Å². The number of hydrogen-bond acceptors (Lipinski definition) is 2. The average molecular weight is 211 g/mol. The van der Waals surface area contributed by atoms with Gasteiger partial charge in [0, 0.05) is 17.9 Å². The molecule has 0 aromatic heterocycles. The van der Waals surface area contributed by atoms with Gasteiger partial charge in [-0.15, -0.1) is 0 Å². The van der Waals surface area contributed by atoms with Crippen LogP contribution in [0.15, 0.2) is 0 Å². The van der Waals surface area contributed by atoms with Gasteiger partial charge in [-0.1, -0.05) is 34.1 Å². The van der Waals surface area contributed by atoms with Crippen molar-refractivity contribution in [3.05, 3.63) is 0 Å². The van der Waals surface area contributed by atoms with Crippen LogP contribution in [0, 0.1) is 11.3 Å². The summed E-state index contributed by atoms with van der Waals surface area (Å²) in [6.07, 6.45) is 4.41. The predicted molar refractivity (Wildman–Crippen MR) is 63.9 cm³/mol. The van der Waals surface area contributed by atoms with Gasteiger partial charge in [0.15, 0.2) is 0 Å². The smallest absolute Gasteiger partial charge is 0.139 e. The number of carbonyl (C=O) groups excluding carboxylic acids is 1. The molecule has 1 saturated heterocycles. The molecule has 0 aromatic carbocycles. The van der Waals surface area contributed by atoms with Crippen molar-refractivity contribution < 1.29 is 4.79 Å². The first-order chi connectivity index (χ1) is 6.93. The second-order valence-electron chi connectivity index (χ2n) is 5.83. The van der Waals surface area contributed by atoms with Crippen LogP contribution in [0.4, 0.5) is 0 Å². The molecule has 1 aliphatic heterocycles. The molecule has 1 heterocycles. The van der Waals surface area contributed by atoms with E-state index in [1.165, 1.54) is 19.3 Å². The molecule has 2 nitrogen and oxygen atoms in total. The van der Waals surface area contributed by atoms with E-state index in [0.717, 1.165) is 12.5 Å². The molecule has 88 valence electrons. The summed E-state index contributed by atoms with van der Waals surface area (Å²) in [6.45, 7) is 9.36. The fourth-order valence-corrected chi connectivity index (χ4v) is 2.15. The molecule has 2 unspecified atom stereocenters. The topological polar surface area (TPSA) is 29.1 Å². The fraction of sp³-hybridized carbons (Fsp3) is 0.923. The maximum Gasteiger partial charge on any atom is 0.139 e. The van der Waals surface area contributed by atoms with E-state index in [4.69, 9.17) is 0 Å². The van der Waals surface area contributed by atoms with E-state index in [9.17, 15) is 4.79 Å². The molecule has 2 heteroatoms. The zero-order valence-electron chi connectivity index (χ0n) is 10.6. The summed E-state index contributed by atoms with van der Waals surface area (Å²) >= 11 is 0. The Labute approximate surface area is 93.8 Å². The van der Waals surface area contributed by atoms with E-state index in [2.05, 4.69) is 12.2 Å². The summed E-state index contributed by atoms with van der Waals surface area (Å²) in [7, 11) is 0. The molecule has 1 fully saturated rings. The number of carbonyl (C=O) groups is 1. The van der Waals surface area contributed by atoms with Crippen molar-refractivity contribution in [2.24, 2.45) is 11.3 Å². The van der Waals surface area contributed by atoms with Gasteiger partial charge in [-0.3, -0.25) is 4.79 Å². The Balaban J connectivity index is 2.41. The maximum atomic E-state index is 11.9. The molecule has 0 saturated carbocycles. The lowest BCUT2D eigenvalue weighted by molar-refractivity contribution is -0.127. The zero-order chi connectivity index (χ0) is 11.5.